The molecule has 2 nitrogen and oxygen atoms in total. The normalized spacial score (nSPS) is 21.4. The molecule has 0 saturated heterocycles. The second-order valence-corrected chi connectivity index (χ2v) is 23.1. The van der Waals surface area contributed by atoms with E-state index < -0.39 is 8.07 Å². The van der Waals surface area contributed by atoms with E-state index in [0.29, 0.717) is 11.8 Å². The van der Waals surface area contributed by atoms with Gasteiger partial charge >= 0.3 is 0 Å². The number of nitrogens with zero attached hydrogens (tertiary/aromatic N) is 2. The minimum atomic E-state index is -1.85. The maximum atomic E-state index is 2.54. The Bertz CT molecular complexity index is 2570. The molecule has 1 aliphatic heterocycles. The van der Waals surface area contributed by atoms with Crippen molar-refractivity contribution < 1.29 is 0 Å². The van der Waals surface area contributed by atoms with Gasteiger partial charge in [0, 0.05) is 39.5 Å². The maximum Gasteiger partial charge on any atom is 0.113 e. The number of anilines is 6. The van der Waals surface area contributed by atoms with E-state index in [1.165, 1.54) is 120 Å². The van der Waals surface area contributed by atoms with Crippen LogP contribution in [0.3, 0.4) is 0 Å². The number of rotatable bonds is 9. The van der Waals surface area contributed by atoms with Crippen molar-refractivity contribution in [2.45, 2.75) is 82.2 Å². The molecule has 2 bridgehead atoms. The molecule has 3 heteroatoms. The Balaban J connectivity index is 0.977. The molecule has 0 aromatic heterocycles. The van der Waals surface area contributed by atoms with E-state index in [-0.39, 0.29) is 5.41 Å². The molecular weight excluding hydrogens is 741 g/mol. The Kier molecular flexibility index (Phi) is 9.42. The van der Waals surface area contributed by atoms with Crippen LogP contribution in [-0.2, 0) is 5.41 Å². The predicted molar refractivity (Wildman–Crippen MR) is 256 cm³/mol. The first-order valence-corrected chi connectivity index (χ1v) is 25.7. The second-order valence-electron chi connectivity index (χ2n) is 18.8. The Morgan fingerprint density at radius 2 is 0.950 bits per heavy atom. The lowest BCUT2D eigenvalue weighted by molar-refractivity contribution is 0.320. The number of para-hydroxylation sites is 2. The molecule has 0 N–H and O–H groups in total. The number of hydrogen-bond acceptors (Lipinski definition) is 2. The van der Waals surface area contributed by atoms with Gasteiger partial charge in [-0.05, 0) is 161 Å². The van der Waals surface area contributed by atoms with E-state index in [2.05, 4.69) is 199 Å². The van der Waals surface area contributed by atoms with Gasteiger partial charge in [0.25, 0.3) is 0 Å². The summed E-state index contributed by atoms with van der Waals surface area (Å²) in [6.07, 6.45) is 12.0. The van der Waals surface area contributed by atoms with Crippen molar-refractivity contribution in [3.63, 3.8) is 0 Å². The fourth-order valence-corrected chi connectivity index (χ4v) is 15.3. The first-order valence-electron chi connectivity index (χ1n) is 22.7. The molecule has 7 aromatic carbocycles. The van der Waals surface area contributed by atoms with Crippen LogP contribution in [-0.4, -0.2) is 8.07 Å². The summed E-state index contributed by atoms with van der Waals surface area (Å²) in [4.78, 5) is 4.91. The molecule has 11 rings (SSSR count). The first-order chi connectivity index (χ1) is 29.5. The average molecular weight is 797 g/mol. The van der Waals surface area contributed by atoms with Crippen molar-refractivity contribution in [1.82, 2.24) is 0 Å². The molecule has 1 heterocycles. The van der Waals surface area contributed by atoms with Crippen molar-refractivity contribution >= 4 is 52.6 Å². The van der Waals surface area contributed by atoms with Crippen molar-refractivity contribution in [1.29, 1.82) is 0 Å². The van der Waals surface area contributed by atoms with Gasteiger partial charge in [0.2, 0.25) is 0 Å². The summed E-state index contributed by atoms with van der Waals surface area (Å²) in [5.74, 6) is 2.15. The highest BCUT2D eigenvalue weighted by Crippen LogP contribution is 2.60. The largest absolute Gasteiger partial charge is 0.311 e. The molecule has 7 aromatic rings. The van der Waals surface area contributed by atoms with Gasteiger partial charge in [-0.15, -0.1) is 0 Å². The number of fused-ring (bicyclic) bond motifs is 5. The quantitative estimate of drug-likeness (QED) is 0.134. The summed E-state index contributed by atoms with van der Waals surface area (Å²) in [5, 5.41) is 3.10. The lowest BCUT2D eigenvalue weighted by Crippen LogP contribution is -2.49. The molecule has 3 saturated carbocycles. The molecule has 3 unspecified atom stereocenters. The second kappa shape index (κ2) is 15.1. The Morgan fingerprint density at radius 1 is 0.450 bits per heavy atom. The van der Waals surface area contributed by atoms with Gasteiger partial charge in [0.15, 0.2) is 0 Å². The van der Waals surface area contributed by atoms with Gasteiger partial charge in [0.05, 0.1) is 0 Å². The van der Waals surface area contributed by atoms with E-state index >= 15 is 0 Å². The van der Waals surface area contributed by atoms with Crippen LogP contribution in [0.1, 0.15) is 80.4 Å². The van der Waals surface area contributed by atoms with Gasteiger partial charge in [-0.2, -0.15) is 0 Å². The van der Waals surface area contributed by atoms with Gasteiger partial charge in [-0.25, -0.2) is 0 Å². The van der Waals surface area contributed by atoms with Gasteiger partial charge in [-0.1, -0.05) is 142 Å². The summed E-state index contributed by atoms with van der Waals surface area (Å²) >= 11 is 0. The third-order valence-electron chi connectivity index (χ3n) is 15.2. The maximum absolute atomic E-state index is 2.54. The highest BCUT2D eigenvalue weighted by Gasteiger charge is 2.52. The van der Waals surface area contributed by atoms with Crippen LogP contribution in [0, 0.1) is 11.8 Å². The molecule has 60 heavy (non-hydrogen) atoms. The van der Waals surface area contributed by atoms with E-state index in [1.54, 1.807) is 10.4 Å². The zero-order valence-electron chi connectivity index (χ0n) is 35.2. The zero-order valence-corrected chi connectivity index (χ0v) is 36.2. The molecular formula is C57H56N2Si. The smallest absolute Gasteiger partial charge is 0.113 e. The fourth-order valence-electron chi connectivity index (χ4n) is 12.2. The Hall–Kier alpha value is -5.64. The number of benzene rings is 7. The van der Waals surface area contributed by atoms with Gasteiger partial charge in [0.1, 0.15) is 8.07 Å². The molecule has 0 amide bonds. The van der Waals surface area contributed by atoms with Crippen LogP contribution >= 0.6 is 0 Å². The molecule has 0 spiro atoms. The topological polar surface area (TPSA) is 6.48 Å². The minimum Gasteiger partial charge on any atom is -0.311 e. The monoisotopic (exact) mass is 796 g/mol. The summed E-state index contributed by atoms with van der Waals surface area (Å²) < 4.78 is 0. The van der Waals surface area contributed by atoms with Crippen molar-refractivity contribution in [2.24, 2.45) is 11.8 Å². The standard InChI is InChI=1S/C57H56N2Si/c1-60(2)55-21-13-12-20-53(55)54-37-36-52(39-56(54)60)59(49-30-23-43(24-31-49)42-14-6-3-7-15-42)51-34-28-45(29-35-51)57(40-41-22-25-46(57)38-41)44-26-32-50(33-27-44)58(47-16-8-4-9-17-47)48-18-10-5-11-19-48/h4-5,8-13,16-21,23-24,26-37,39,41-42,46H,3,6-7,14-15,22,25,38,40H2,1-2H3. The van der Waals surface area contributed by atoms with Crippen LogP contribution < -0.4 is 20.2 Å². The van der Waals surface area contributed by atoms with Crippen molar-refractivity contribution in [3.8, 4) is 11.1 Å². The van der Waals surface area contributed by atoms with Crippen LogP contribution in [0.25, 0.3) is 11.1 Å². The highest BCUT2D eigenvalue weighted by atomic mass is 28.3. The third kappa shape index (κ3) is 6.27. The molecule has 4 aliphatic rings. The SMILES string of the molecule is C[Si]1(C)c2ccccc2-c2ccc(N(c3ccc(C4CCCCC4)cc3)c3ccc(C4(c5ccc(N(c6ccccc6)c6ccccc6)cc5)CC5CCC4C5)cc3)cc21. The number of hydrogen-bond donors (Lipinski definition) is 0. The lowest BCUT2D eigenvalue weighted by atomic mass is 9.64. The third-order valence-corrected chi connectivity index (χ3v) is 18.8. The van der Waals surface area contributed by atoms with Crippen molar-refractivity contribution in [3.05, 3.63) is 193 Å². The first kappa shape index (κ1) is 37.4. The van der Waals surface area contributed by atoms with Crippen LogP contribution in [0.2, 0.25) is 13.1 Å². The Labute approximate surface area is 358 Å². The molecule has 3 aliphatic carbocycles. The highest BCUT2D eigenvalue weighted by molar-refractivity contribution is 7.03. The summed E-state index contributed by atoms with van der Waals surface area (Å²) in [7, 11) is -1.85. The molecule has 0 radical (unpaired) electrons. The van der Waals surface area contributed by atoms with Crippen molar-refractivity contribution in [2.75, 3.05) is 9.80 Å². The predicted octanol–water partition coefficient (Wildman–Crippen LogP) is 14.6. The van der Waals surface area contributed by atoms with E-state index in [1.807, 2.05) is 0 Å². The van der Waals surface area contributed by atoms with Crippen LogP contribution in [0.15, 0.2) is 176 Å². The van der Waals surface area contributed by atoms with Gasteiger partial charge < -0.3 is 9.80 Å². The summed E-state index contributed by atoms with van der Waals surface area (Å²) in [6, 6.07) is 67.2. The van der Waals surface area contributed by atoms with Crippen LogP contribution in [0.5, 0.6) is 0 Å². The molecule has 298 valence electrons. The lowest BCUT2D eigenvalue weighted by Gasteiger charge is -2.40. The minimum absolute atomic E-state index is 0.0196. The van der Waals surface area contributed by atoms with E-state index in [0.717, 1.165) is 5.92 Å². The molecule has 3 atom stereocenters. The van der Waals surface area contributed by atoms with E-state index in [9.17, 15) is 0 Å². The van der Waals surface area contributed by atoms with E-state index in [4.69, 9.17) is 0 Å². The Morgan fingerprint density at radius 3 is 1.52 bits per heavy atom. The van der Waals surface area contributed by atoms with Gasteiger partial charge in [-0.3, -0.25) is 0 Å². The van der Waals surface area contributed by atoms with Crippen LogP contribution in [0.4, 0.5) is 34.1 Å². The zero-order chi connectivity index (χ0) is 40.3. The summed E-state index contributed by atoms with van der Waals surface area (Å²) in [5.41, 5.74) is 14.6. The fraction of sp³-hybridized carbons (Fsp3) is 0.263. The molecule has 3 fully saturated rings. The average Bonchev–Trinajstić information content (AvgIpc) is 4.00. The summed E-state index contributed by atoms with van der Waals surface area (Å²) in [6.45, 7) is 5.06.